The maximum absolute atomic E-state index is 12.6. The predicted octanol–water partition coefficient (Wildman–Crippen LogP) is 5.44. The Morgan fingerprint density at radius 2 is 1.94 bits per heavy atom. The van der Waals surface area contributed by atoms with Crippen molar-refractivity contribution in [3.05, 3.63) is 85.3 Å². The van der Waals surface area contributed by atoms with E-state index in [1.807, 2.05) is 30.3 Å². The van der Waals surface area contributed by atoms with Gasteiger partial charge < -0.3 is 19.9 Å². The van der Waals surface area contributed by atoms with Crippen molar-refractivity contribution in [2.45, 2.75) is 26.4 Å². The summed E-state index contributed by atoms with van der Waals surface area (Å²) < 4.78 is 18.2. The van der Waals surface area contributed by atoms with Crippen LogP contribution in [0.1, 0.15) is 30.9 Å². The number of carbonyl (C=O) groups excluding carboxylic acids is 1. The summed E-state index contributed by atoms with van der Waals surface area (Å²) in [5, 5.41) is 9.68. The Bertz CT molecular complexity index is 1100. The third kappa shape index (κ3) is 5.12. The van der Waals surface area contributed by atoms with E-state index in [0.29, 0.717) is 28.2 Å². The van der Waals surface area contributed by atoms with E-state index in [1.54, 1.807) is 26.0 Å². The van der Waals surface area contributed by atoms with Crippen LogP contribution in [-0.4, -0.2) is 12.6 Å². The van der Waals surface area contributed by atoms with Gasteiger partial charge in [-0.05, 0) is 65.2 Å². The molecule has 1 heterocycles. The van der Waals surface area contributed by atoms with E-state index < -0.39 is 11.9 Å². The van der Waals surface area contributed by atoms with Crippen molar-refractivity contribution in [3.63, 3.8) is 0 Å². The van der Waals surface area contributed by atoms with Crippen molar-refractivity contribution in [2.24, 2.45) is 5.73 Å². The summed E-state index contributed by atoms with van der Waals surface area (Å²) in [6.45, 7) is 3.95. The highest BCUT2D eigenvalue weighted by Gasteiger charge is 2.36. The fourth-order valence-corrected chi connectivity index (χ4v) is 4.02. The van der Waals surface area contributed by atoms with Crippen LogP contribution in [0.5, 0.6) is 5.75 Å². The van der Waals surface area contributed by atoms with E-state index in [2.05, 4.69) is 37.9 Å². The molecule has 0 saturated heterocycles. The minimum atomic E-state index is -0.699. The molecule has 0 saturated carbocycles. The van der Waals surface area contributed by atoms with Gasteiger partial charge in [-0.2, -0.15) is 5.26 Å². The molecule has 0 radical (unpaired) electrons. The van der Waals surface area contributed by atoms with E-state index in [0.717, 1.165) is 10.0 Å². The van der Waals surface area contributed by atoms with Crippen LogP contribution in [0.4, 0.5) is 0 Å². The second-order valence-electron chi connectivity index (χ2n) is 6.72. The van der Waals surface area contributed by atoms with E-state index >= 15 is 0 Å². The SMILES string of the molecule is CCOC(=O)C1=C(C)OC(N)=C(C#N)C1c1ccc(OCc2ccc(Br)cc2)c(Br)c1. The molecule has 0 spiro atoms. The number of allylic oxidation sites excluding steroid dienone is 2. The van der Waals surface area contributed by atoms with Crippen LogP contribution >= 0.6 is 31.9 Å². The monoisotopic (exact) mass is 546 g/mol. The standard InChI is InChI=1S/C23H20Br2N2O4/c1-3-29-23(28)20-13(2)31-22(27)17(11-26)21(20)15-6-9-19(18(25)10-15)30-12-14-4-7-16(24)8-5-14/h4-10,21H,3,12,27H2,1-2H3. The second-order valence-corrected chi connectivity index (χ2v) is 8.49. The quantitative estimate of drug-likeness (QED) is 0.484. The lowest BCUT2D eigenvalue weighted by Gasteiger charge is -2.27. The molecular weight excluding hydrogens is 528 g/mol. The third-order valence-corrected chi connectivity index (χ3v) is 5.85. The average molecular weight is 548 g/mol. The number of carbonyl (C=O) groups is 1. The first-order valence-corrected chi connectivity index (χ1v) is 11.1. The second kappa shape index (κ2) is 10.0. The van der Waals surface area contributed by atoms with E-state index in [9.17, 15) is 10.1 Å². The van der Waals surface area contributed by atoms with E-state index in [1.165, 1.54) is 0 Å². The van der Waals surface area contributed by atoms with Crippen LogP contribution in [0.15, 0.2) is 74.2 Å². The lowest BCUT2D eigenvalue weighted by molar-refractivity contribution is -0.139. The number of hydrogen-bond donors (Lipinski definition) is 1. The molecule has 160 valence electrons. The zero-order chi connectivity index (χ0) is 22.5. The first-order chi connectivity index (χ1) is 14.8. The highest BCUT2D eigenvalue weighted by molar-refractivity contribution is 9.10. The summed E-state index contributed by atoms with van der Waals surface area (Å²) in [6.07, 6.45) is 0. The topological polar surface area (TPSA) is 94.6 Å². The number of hydrogen-bond acceptors (Lipinski definition) is 6. The van der Waals surface area contributed by atoms with Crippen molar-refractivity contribution in [2.75, 3.05) is 6.61 Å². The van der Waals surface area contributed by atoms with Gasteiger partial charge in [-0.1, -0.05) is 34.1 Å². The van der Waals surface area contributed by atoms with Crippen LogP contribution in [0.25, 0.3) is 0 Å². The highest BCUT2D eigenvalue weighted by atomic mass is 79.9. The molecule has 1 unspecified atom stereocenters. The number of benzene rings is 2. The zero-order valence-corrected chi connectivity index (χ0v) is 20.1. The predicted molar refractivity (Wildman–Crippen MR) is 123 cm³/mol. The summed E-state index contributed by atoms with van der Waals surface area (Å²) in [6, 6.07) is 15.3. The number of esters is 1. The zero-order valence-electron chi connectivity index (χ0n) is 16.9. The molecule has 0 amide bonds. The van der Waals surface area contributed by atoms with Gasteiger partial charge in [-0.25, -0.2) is 4.79 Å². The van der Waals surface area contributed by atoms with Crippen LogP contribution < -0.4 is 10.5 Å². The summed E-state index contributed by atoms with van der Waals surface area (Å²) in [7, 11) is 0. The van der Waals surface area contributed by atoms with Gasteiger partial charge in [0, 0.05) is 4.47 Å². The molecule has 8 heteroatoms. The summed E-state index contributed by atoms with van der Waals surface area (Å²) in [5.74, 6) is -0.324. The van der Waals surface area contributed by atoms with Gasteiger partial charge in [0.25, 0.3) is 0 Å². The van der Waals surface area contributed by atoms with Crippen LogP contribution in [0, 0.1) is 11.3 Å². The first kappa shape index (κ1) is 22.9. The number of halogens is 2. The molecule has 1 aliphatic rings. The van der Waals surface area contributed by atoms with Gasteiger partial charge in [-0.15, -0.1) is 0 Å². The Labute approximate surface area is 197 Å². The molecule has 0 aliphatic carbocycles. The van der Waals surface area contributed by atoms with Gasteiger partial charge in [-0.3, -0.25) is 0 Å². The van der Waals surface area contributed by atoms with Crippen molar-refractivity contribution >= 4 is 37.8 Å². The Hall–Kier alpha value is -2.76. The summed E-state index contributed by atoms with van der Waals surface area (Å²) >= 11 is 6.95. The van der Waals surface area contributed by atoms with Crippen molar-refractivity contribution in [1.29, 1.82) is 5.26 Å². The molecule has 31 heavy (non-hydrogen) atoms. The average Bonchev–Trinajstić information content (AvgIpc) is 2.73. The largest absolute Gasteiger partial charge is 0.488 e. The third-order valence-electron chi connectivity index (χ3n) is 4.70. The summed E-state index contributed by atoms with van der Waals surface area (Å²) in [5.41, 5.74) is 8.06. The number of rotatable bonds is 6. The van der Waals surface area contributed by atoms with Crippen LogP contribution in [-0.2, 0) is 20.9 Å². The molecule has 0 bridgehead atoms. The minimum absolute atomic E-state index is 0.0234. The summed E-state index contributed by atoms with van der Waals surface area (Å²) in [4.78, 5) is 12.6. The van der Waals surface area contributed by atoms with Gasteiger partial charge in [0.2, 0.25) is 5.88 Å². The Morgan fingerprint density at radius 3 is 2.55 bits per heavy atom. The molecule has 0 aromatic heterocycles. The van der Waals surface area contributed by atoms with Crippen molar-refractivity contribution in [1.82, 2.24) is 0 Å². The smallest absolute Gasteiger partial charge is 0.338 e. The Kier molecular flexibility index (Phi) is 7.42. The van der Waals surface area contributed by atoms with Gasteiger partial charge >= 0.3 is 5.97 Å². The van der Waals surface area contributed by atoms with Gasteiger partial charge in [0.15, 0.2) is 0 Å². The van der Waals surface area contributed by atoms with Crippen LogP contribution in [0.2, 0.25) is 0 Å². The molecule has 1 atom stereocenters. The molecular formula is C23H20Br2N2O4. The van der Waals surface area contributed by atoms with Gasteiger partial charge in [0.1, 0.15) is 29.8 Å². The molecule has 1 aliphatic heterocycles. The Morgan fingerprint density at radius 1 is 1.23 bits per heavy atom. The lowest BCUT2D eigenvalue weighted by atomic mass is 9.83. The number of ether oxygens (including phenoxy) is 3. The molecule has 2 N–H and O–H groups in total. The molecule has 0 fully saturated rings. The maximum Gasteiger partial charge on any atom is 0.338 e. The fourth-order valence-electron chi connectivity index (χ4n) is 3.24. The molecule has 3 rings (SSSR count). The van der Waals surface area contributed by atoms with Gasteiger partial charge in [0.05, 0.1) is 22.6 Å². The number of nitrogens with two attached hydrogens (primary N) is 1. The molecule has 6 nitrogen and oxygen atoms in total. The van der Waals surface area contributed by atoms with E-state index in [4.69, 9.17) is 19.9 Å². The fraction of sp³-hybridized carbons (Fsp3) is 0.217. The normalized spacial score (nSPS) is 15.9. The van der Waals surface area contributed by atoms with Crippen molar-refractivity contribution in [3.8, 4) is 11.8 Å². The minimum Gasteiger partial charge on any atom is -0.488 e. The van der Waals surface area contributed by atoms with Crippen molar-refractivity contribution < 1.29 is 19.0 Å². The molecule has 2 aromatic carbocycles. The molecule has 2 aromatic rings. The van der Waals surface area contributed by atoms with Crippen LogP contribution in [0.3, 0.4) is 0 Å². The first-order valence-electron chi connectivity index (χ1n) is 9.47. The highest BCUT2D eigenvalue weighted by Crippen LogP contribution is 2.41. The number of nitriles is 1. The van der Waals surface area contributed by atoms with E-state index in [-0.39, 0.29) is 23.6 Å². The number of nitrogens with zero attached hydrogens (tertiary/aromatic N) is 1. The lowest BCUT2D eigenvalue weighted by Crippen LogP contribution is -2.25. The maximum atomic E-state index is 12.6. The Balaban J connectivity index is 1.92.